The van der Waals surface area contributed by atoms with E-state index in [9.17, 15) is 0 Å². The highest BCUT2D eigenvalue weighted by Crippen LogP contribution is 2.40. The van der Waals surface area contributed by atoms with Crippen molar-refractivity contribution in [2.75, 3.05) is 11.9 Å². The van der Waals surface area contributed by atoms with Gasteiger partial charge in [-0.05, 0) is 50.3 Å². The van der Waals surface area contributed by atoms with Gasteiger partial charge in [0.1, 0.15) is 0 Å². The zero-order valence-corrected chi connectivity index (χ0v) is 14.1. The van der Waals surface area contributed by atoms with Crippen molar-refractivity contribution in [3.8, 4) is 0 Å². The van der Waals surface area contributed by atoms with E-state index >= 15 is 0 Å². The molecular formula is C17H23Cl2NO. The first kappa shape index (κ1) is 15.5. The molecule has 21 heavy (non-hydrogen) atoms. The molecule has 1 heterocycles. The predicted octanol–water partition coefficient (Wildman–Crippen LogP) is 5.60. The smallest absolute Gasteiger partial charge is 0.0702 e. The van der Waals surface area contributed by atoms with Gasteiger partial charge in [-0.3, -0.25) is 0 Å². The Morgan fingerprint density at radius 1 is 1.14 bits per heavy atom. The number of aryl methyl sites for hydroxylation is 1. The van der Waals surface area contributed by atoms with Crippen molar-refractivity contribution in [2.45, 2.75) is 63.5 Å². The molecule has 116 valence electrons. The summed E-state index contributed by atoms with van der Waals surface area (Å²) in [6.07, 6.45) is 8.45. The average molecular weight is 328 g/mol. The molecule has 1 aromatic carbocycles. The molecule has 1 saturated carbocycles. The molecule has 1 spiro atoms. The summed E-state index contributed by atoms with van der Waals surface area (Å²) >= 11 is 12.6. The zero-order valence-electron chi connectivity index (χ0n) is 12.6. The number of hydrogen-bond acceptors (Lipinski definition) is 2. The molecule has 2 fully saturated rings. The largest absolute Gasteiger partial charge is 0.381 e. The molecule has 1 unspecified atom stereocenters. The Hall–Kier alpha value is -0.440. The van der Waals surface area contributed by atoms with E-state index in [0.29, 0.717) is 6.04 Å². The number of anilines is 1. The van der Waals surface area contributed by atoms with Crippen LogP contribution in [0.2, 0.25) is 10.0 Å². The van der Waals surface area contributed by atoms with Crippen molar-refractivity contribution >= 4 is 28.9 Å². The van der Waals surface area contributed by atoms with E-state index in [4.69, 9.17) is 27.9 Å². The van der Waals surface area contributed by atoms with E-state index in [1.165, 1.54) is 32.1 Å². The Bertz CT molecular complexity index is 506. The maximum absolute atomic E-state index is 6.35. The van der Waals surface area contributed by atoms with Gasteiger partial charge in [-0.2, -0.15) is 0 Å². The zero-order chi connectivity index (χ0) is 14.9. The van der Waals surface area contributed by atoms with Crippen molar-refractivity contribution in [1.82, 2.24) is 0 Å². The Balaban J connectivity index is 1.71. The number of ether oxygens (including phenoxy) is 1. The Kier molecular flexibility index (Phi) is 4.68. The fourth-order valence-corrected chi connectivity index (χ4v) is 4.11. The third-order valence-electron chi connectivity index (χ3n) is 4.87. The van der Waals surface area contributed by atoms with Gasteiger partial charge >= 0.3 is 0 Å². The summed E-state index contributed by atoms with van der Waals surface area (Å²) in [7, 11) is 0. The second-order valence-electron chi connectivity index (χ2n) is 6.51. The first-order valence-electron chi connectivity index (χ1n) is 7.94. The lowest BCUT2D eigenvalue weighted by atomic mass is 9.78. The number of benzene rings is 1. The SMILES string of the molecule is Cc1cc(Cl)c(NC2CCOC3(CCCCC3)C2)cc1Cl. The van der Waals surface area contributed by atoms with Gasteiger partial charge in [0.05, 0.1) is 16.3 Å². The molecule has 1 aromatic rings. The summed E-state index contributed by atoms with van der Waals surface area (Å²) in [4.78, 5) is 0. The molecule has 0 radical (unpaired) electrons. The van der Waals surface area contributed by atoms with E-state index in [0.717, 1.165) is 40.7 Å². The second kappa shape index (κ2) is 6.36. The van der Waals surface area contributed by atoms with E-state index in [2.05, 4.69) is 5.32 Å². The van der Waals surface area contributed by atoms with Crippen molar-refractivity contribution in [2.24, 2.45) is 0 Å². The third-order valence-corrected chi connectivity index (χ3v) is 5.59. The minimum absolute atomic E-state index is 0.106. The molecular weight excluding hydrogens is 305 g/mol. The average Bonchev–Trinajstić information content (AvgIpc) is 2.46. The third kappa shape index (κ3) is 3.49. The summed E-state index contributed by atoms with van der Waals surface area (Å²) in [6.45, 7) is 2.82. The van der Waals surface area contributed by atoms with Crippen molar-refractivity contribution in [3.63, 3.8) is 0 Å². The molecule has 1 aliphatic carbocycles. The van der Waals surface area contributed by atoms with Crippen LogP contribution in [-0.4, -0.2) is 18.2 Å². The van der Waals surface area contributed by atoms with E-state index in [-0.39, 0.29) is 5.60 Å². The minimum atomic E-state index is 0.106. The molecule has 1 saturated heterocycles. The fraction of sp³-hybridized carbons (Fsp3) is 0.647. The van der Waals surface area contributed by atoms with Gasteiger partial charge in [-0.25, -0.2) is 0 Å². The highest BCUT2D eigenvalue weighted by atomic mass is 35.5. The van der Waals surface area contributed by atoms with Gasteiger partial charge in [0, 0.05) is 17.7 Å². The summed E-state index contributed by atoms with van der Waals surface area (Å²) in [6, 6.07) is 4.30. The standard InChI is InChI=1S/C17H23Cl2NO/c1-12-9-15(19)16(10-14(12)18)20-13-5-8-21-17(11-13)6-3-2-4-7-17/h9-10,13,20H,2-8,11H2,1H3. The van der Waals surface area contributed by atoms with Crippen molar-refractivity contribution in [3.05, 3.63) is 27.7 Å². The molecule has 1 aliphatic heterocycles. The van der Waals surface area contributed by atoms with Crippen LogP contribution in [0.15, 0.2) is 12.1 Å². The van der Waals surface area contributed by atoms with Gasteiger partial charge in [0.25, 0.3) is 0 Å². The normalized spacial score (nSPS) is 25.0. The van der Waals surface area contributed by atoms with Crippen LogP contribution in [0.25, 0.3) is 0 Å². The summed E-state index contributed by atoms with van der Waals surface area (Å²) in [5.41, 5.74) is 2.07. The van der Waals surface area contributed by atoms with Gasteiger partial charge in [-0.1, -0.05) is 42.5 Å². The molecule has 2 aliphatic rings. The molecule has 0 aromatic heterocycles. The topological polar surface area (TPSA) is 21.3 Å². The maximum Gasteiger partial charge on any atom is 0.0702 e. The van der Waals surface area contributed by atoms with Crippen LogP contribution >= 0.6 is 23.2 Å². The second-order valence-corrected chi connectivity index (χ2v) is 7.32. The van der Waals surface area contributed by atoms with Crippen LogP contribution in [0.4, 0.5) is 5.69 Å². The molecule has 3 rings (SSSR count). The van der Waals surface area contributed by atoms with Crippen LogP contribution in [0.1, 0.15) is 50.5 Å². The first-order valence-corrected chi connectivity index (χ1v) is 8.70. The Morgan fingerprint density at radius 3 is 2.67 bits per heavy atom. The monoisotopic (exact) mass is 327 g/mol. The highest BCUT2D eigenvalue weighted by Gasteiger charge is 2.38. The van der Waals surface area contributed by atoms with Crippen LogP contribution in [0, 0.1) is 6.92 Å². The van der Waals surface area contributed by atoms with Crippen LogP contribution in [0.3, 0.4) is 0 Å². The summed E-state index contributed by atoms with van der Waals surface area (Å²) in [5, 5.41) is 5.11. The Morgan fingerprint density at radius 2 is 1.90 bits per heavy atom. The number of halogens is 2. The van der Waals surface area contributed by atoms with Gasteiger partial charge in [-0.15, -0.1) is 0 Å². The molecule has 0 amide bonds. The fourth-order valence-electron chi connectivity index (χ4n) is 3.67. The molecule has 1 atom stereocenters. The lowest BCUT2D eigenvalue weighted by Gasteiger charge is -2.44. The van der Waals surface area contributed by atoms with Crippen molar-refractivity contribution < 1.29 is 4.74 Å². The van der Waals surface area contributed by atoms with Gasteiger partial charge in [0.15, 0.2) is 0 Å². The highest BCUT2D eigenvalue weighted by molar-refractivity contribution is 6.35. The summed E-state index contributed by atoms with van der Waals surface area (Å²) < 4.78 is 6.15. The van der Waals surface area contributed by atoms with Gasteiger partial charge < -0.3 is 10.1 Å². The van der Waals surface area contributed by atoms with E-state index in [1.54, 1.807) is 0 Å². The van der Waals surface area contributed by atoms with Gasteiger partial charge in [0.2, 0.25) is 0 Å². The number of nitrogens with one attached hydrogen (secondary N) is 1. The lowest BCUT2D eigenvalue weighted by Crippen LogP contribution is -2.45. The maximum atomic E-state index is 6.35. The van der Waals surface area contributed by atoms with E-state index in [1.807, 2.05) is 19.1 Å². The van der Waals surface area contributed by atoms with Crippen molar-refractivity contribution in [1.29, 1.82) is 0 Å². The Labute approximate surface area is 137 Å². The lowest BCUT2D eigenvalue weighted by molar-refractivity contribution is -0.103. The molecule has 4 heteroatoms. The summed E-state index contributed by atoms with van der Waals surface area (Å²) in [5.74, 6) is 0. The van der Waals surface area contributed by atoms with Crippen LogP contribution in [0.5, 0.6) is 0 Å². The first-order chi connectivity index (χ1) is 10.1. The van der Waals surface area contributed by atoms with Crippen LogP contribution < -0.4 is 5.32 Å². The minimum Gasteiger partial charge on any atom is -0.381 e. The van der Waals surface area contributed by atoms with Crippen LogP contribution in [-0.2, 0) is 4.74 Å². The predicted molar refractivity (Wildman–Crippen MR) is 89.6 cm³/mol. The quantitative estimate of drug-likeness (QED) is 0.763. The molecule has 0 bridgehead atoms. The molecule has 1 N–H and O–H groups in total. The number of hydrogen-bond donors (Lipinski definition) is 1. The molecule has 2 nitrogen and oxygen atoms in total. The number of rotatable bonds is 2. The van der Waals surface area contributed by atoms with E-state index < -0.39 is 0 Å².